The number of halogens is 1. The van der Waals surface area contributed by atoms with Gasteiger partial charge in [0.15, 0.2) is 0 Å². The fraction of sp³-hybridized carbons (Fsp3) is 0.0909. The van der Waals surface area contributed by atoms with Crippen LogP contribution in [0, 0.1) is 0 Å². The van der Waals surface area contributed by atoms with Crippen molar-refractivity contribution in [2.24, 2.45) is 0 Å². The van der Waals surface area contributed by atoms with E-state index in [9.17, 15) is 0 Å². The van der Waals surface area contributed by atoms with Crippen molar-refractivity contribution < 1.29 is 0 Å². The van der Waals surface area contributed by atoms with Gasteiger partial charge in [0.2, 0.25) is 0 Å². The molecule has 0 aliphatic carbocycles. The number of thiophene rings is 1. The Morgan fingerprint density at radius 2 is 1.86 bits per heavy atom. The molecule has 1 aromatic heterocycles. The summed E-state index contributed by atoms with van der Waals surface area (Å²) in [6.07, 6.45) is 0. The first-order chi connectivity index (χ1) is 6.84. The fourth-order valence-corrected chi connectivity index (χ4v) is 3.55. The molecule has 0 radical (unpaired) electrons. The number of thioether (sulfide) groups is 1. The molecule has 72 valence electrons. The van der Waals surface area contributed by atoms with Gasteiger partial charge >= 0.3 is 0 Å². The Morgan fingerprint density at radius 1 is 1.07 bits per heavy atom. The van der Waals surface area contributed by atoms with Crippen LogP contribution < -0.4 is 0 Å². The smallest absolute Gasteiger partial charge is 0.0701 e. The Morgan fingerprint density at radius 3 is 2.50 bits per heavy atom. The second kappa shape index (κ2) is 5.01. The lowest BCUT2D eigenvalue weighted by molar-refractivity contribution is 1.43. The molecule has 1 aromatic carbocycles. The van der Waals surface area contributed by atoms with Crippen molar-refractivity contribution in [3.05, 3.63) is 51.1 Å². The van der Waals surface area contributed by atoms with Crippen LogP contribution in [0.5, 0.6) is 0 Å². The van der Waals surface area contributed by atoms with Crippen LogP contribution in [-0.2, 0) is 5.75 Å². The summed E-state index contributed by atoms with van der Waals surface area (Å²) >= 11 is 7.15. The summed E-state index contributed by atoms with van der Waals surface area (Å²) in [4.78, 5) is 2.74. The average molecular weight is 285 g/mol. The molecule has 0 amide bonds. The van der Waals surface area contributed by atoms with E-state index in [-0.39, 0.29) is 0 Å². The Labute approximate surface area is 100 Å². The van der Waals surface area contributed by atoms with Gasteiger partial charge in [-0.1, -0.05) is 18.2 Å². The van der Waals surface area contributed by atoms with E-state index in [0.29, 0.717) is 0 Å². The Balaban J connectivity index is 1.95. The quantitative estimate of drug-likeness (QED) is 0.730. The fourth-order valence-electron chi connectivity index (χ4n) is 1.10. The molecule has 3 heteroatoms. The summed E-state index contributed by atoms with van der Waals surface area (Å²) in [7, 11) is 0. The molecule has 2 rings (SSSR count). The molecule has 2 aromatic rings. The van der Waals surface area contributed by atoms with Crippen LogP contribution in [-0.4, -0.2) is 0 Å². The molecule has 1 heterocycles. The van der Waals surface area contributed by atoms with Crippen molar-refractivity contribution >= 4 is 39.0 Å². The zero-order valence-electron chi connectivity index (χ0n) is 7.44. The first-order valence-corrected chi connectivity index (χ1v) is 6.86. The van der Waals surface area contributed by atoms with E-state index >= 15 is 0 Å². The molecule has 0 bridgehead atoms. The normalized spacial score (nSPS) is 10.4. The van der Waals surface area contributed by atoms with Gasteiger partial charge in [-0.25, -0.2) is 0 Å². The van der Waals surface area contributed by atoms with Crippen molar-refractivity contribution in [1.29, 1.82) is 0 Å². The van der Waals surface area contributed by atoms with Gasteiger partial charge in [-0.15, -0.1) is 23.1 Å². The second-order valence-corrected chi connectivity index (χ2v) is 6.40. The SMILES string of the molecule is Brc1ccc(CSc2ccccc2)s1. The van der Waals surface area contributed by atoms with Gasteiger partial charge in [0.05, 0.1) is 3.79 Å². The third-order valence-electron chi connectivity index (χ3n) is 1.75. The van der Waals surface area contributed by atoms with E-state index in [2.05, 4.69) is 52.3 Å². The van der Waals surface area contributed by atoms with E-state index in [1.807, 2.05) is 17.8 Å². The third kappa shape index (κ3) is 2.87. The summed E-state index contributed by atoms with van der Waals surface area (Å²) in [5.74, 6) is 1.06. The van der Waals surface area contributed by atoms with Crippen molar-refractivity contribution in [3.8, 4) is 0 Å². The minimum atomic E-state index is 1.06. The van der Waals surface area contributed by atoms with Gasteiger partial charge in [0, 0.05) is 15.5 Å². The molecule has 0 saturated heterocycles. The number of benzene rings is 1. The summed E-state index contributed by atoms with van der Waals surface area (Å²) in [6.45, 7) is 0. The topological polar surface area (TPSA) is 0 Å². The van der Waals surface area contributed by atoms with E-state index in [0.717, 1.165) is 5.75 Å². The maximum atomic E-state index is 3.47. The monoisotopic (exact) mass is 284 g/mol. The van der Waals surface area contributed by atoms with Crippen molar-refractivity contribution in [3.63, 3.8) is 0 Å². The van der Waals surface area contributed by atoms with Gasteiger partial charge in [-0.05, 0) is 40.2 Å². The van der Waals surface area contributed by atoms with Crippen molar-refractivity contribution in [2.75, 3.05) is 0 Å². The maximum Gasteiger partial charge on any atom is 0.0701 e. The van der Waals surface area contributed by atoms with Crippen LogP contribution in [0.25, 0.3) is 0 Å². The number of hydrogen-bond acceptors (Lipinski definition) is 2. The van der Waals surface area contributed by atoms with Crippen LogP contribution in [0.2, 0.25) is 0 Å². The minimum absolute atomic E-state index is 1.06. The molecule has 14 heavy (non-hydrogen) atoms. The highest BCUT2D eigenvalue weighted by Crippen LogP contribution is 2.28. The molecule has 0 fully saturated rings. The molecular formula is C11H9BrS2. The Hall–Kier alpha value is -0.250. The molecule has 0 aliphatic rings. The van der Waals surface area contributed by atoms with Crippen LogP contribution in [0.1, 0.15) is 4.88 Å². The maximum absolute atomic E-state index is 3.47. The summed E-state index contributed by atoms with van der Waals surface area (Å²) in [5, 5.41) is 0. The van der Waals surface area contributed by atoms with E-state index < -0.39 is 0 Å². The molecular weight excluding hydrogens is 276 g/mol. The first kappa shape index (κ1) is 10.3. The molecule has 0 nitrogen and oxygen atoms in total. The van der Waals surface area contributed by atoms with E-state index in [1.54, 1.807) is 11.3 Å². The van der Waals surface area contributed by atoms with E-state index in [1.165, 1.54) is 13.6 Å². The molecule has 0 atom stereocenters. The third-order valence-corrected chi connectivity index (χ3v) is 4.62. The highest BCUT2D eigenvalue weighted by Gasteiger charge is 1.98. The standard InChI is InChI=1S/C11H9BrS2/c12-11-7-6-10(14-11)8-13-9-4-2-1-3-5-9/h1-7H,8H2. The lowest BCUT2D eigenvalue weighted by Gasteiger charge is -1.97. The lowest BCUT2D eigenvalue weighted by Crippen LogP contribution is -1.72. The summed E-state index contributed by atoms with van der Waals surface area (Å²) < 4.78 is 1.21. The summed E-state index contributed by atoms with van der Waals surface area (Å²) in [5.41, 5.74) is 0. The lowest BCUT2D eigenvalue weighted by atomic mass is 10.4. The zero-order chi connectivity index (χ0) is 9.80. The minimum Gasteiger partial charge on any atom is -0.132 e. The van der Waals surface area contributed by atoms with Gasteiger partial charge in [0.25, 0.3) is 0 Å². The van der Waals surface area contributed by atoms with Crippen molar-refractivity contribution in [2.45, 2.75) is 10.6 Å². The zero-order valence-corrected chi connectivity index (χ0v) is 10.7. The van der Waals surface area contributed by atoms with Gasteiger partial charge in [-0.2, -0.15) is 0 Å². The second-order valence-electron chi connectivity index (χ2n) is 2.81. The van der Waals surface area contributed by atoms with Crippen molar-refractivity contribution in [1.82, 2.24) is 0 Å². The van der Waals surface area contributed by atoms with Gasteiger partial charge in [-0.3, -0.25) is 0 Å². The predicted octanol–water partition coefficient (Wildman–Crippen LogP) is 4.80. The van der Waals surface area contributed by atoms with Crippen LogP contribution in [0.3, 0.4) is 0 Å². The van der Waals surface area contributed by atoms with Crippen LogP contribution in [0.4, 0.5) is 0 Å². The van der Waals surface area contributed by atoms with Crippen LogP contribution >= 0.6 is 39.0 Å². The molecule has 0 spiro atoms. The number of rotatable bonds is 3. The predicted molar refractivity (Wildman–Crippen MR) is 68.0 cm³/mol. The van der Waals surface area contributed by atoms with Gasteiger partial charge in [0.1, 0.15) is 0 Å². The molecule has 0 N–H and O–H groups in total. The molecule has 0 unspecified atom stereocenters. The number of hydrogen-bond donors (Lipinski definition) is 0. The van der Waals surface area contributed by atoms with Crippen LogP contribution in [0.15, 0.2) is 51.1 Å². The molecule has 0 aliphatic heterocycles. The highest BCUT2D eigenvalue weighted by atomic mass is 79.9. The Kier molecular flexibility index (Phi) is 3.67. The average Bonchev–Trinajstić information content (AvgIpc) is 2.63. The molecule has 0 saturated carbocycles. The summed E-state index contributed by atoms with van der Waals surface area (Å²) in [6, 6.07) is 14.8. The Bertz CT molecular complexity index is 395. The van der Waals surface area contributed by atoms with E-state index in [4.69, 9.17) is 0 Å². The highest BCUT2D eigenvalue weighted by molar-refractivity contribution is 9.11. The first-order valence-electron chi connectivity index (χ1n) is 4.26. The van der Waals surface area contributed by atoms with Gasteiger partial charge < -0.3 is 0 Å². The largest absolute Gasteiger partial charge is 0.132 e.